The van der Waals surface area contributed by atoms with Gasteiger partial charge in [0.2, 0.25) is 15.9 Å². The lowest BCUT2D eigenvalue weighted by Crippen LogP contribution is -2.33. The van der Waals surface area contributed by atoms with E-state index in [2.05, 4.69) is 5.32 Å². The molecule has 0 aliphatic heterocycles. The Kier molecular flexibility index (Phi) is 6.87. The molecule has 0 atom stereocenters. The Morgan fingerprint density at radius 3 is 2.53 bits per heavy atom. The summed E-state index contributed by atoms with van der Waals surface area (Å²) in [7, 11) is -0.274. The zero-order chi connectivity index (χ0) is 11.9. The van der Waals surface area contributed by atoms with Crippen LogP contribution in [0.5, 0.6) is 0 Å². The first-order chi connectivity index (χ1) is 6.94. The maximum absolute atomic E-state index is 11.5. The van der Waals surface area contributed by atoms with Gasteiger partial charge in [0.25, 0.3) is 0 Å². The highest BCUT2D eigenvalue weighted by atomic mass is 35.5. The minimum Gasteiger partial charge on any atom is -0.359 e. The van der Waals surface area contributed by atoms with Crippen LogP contribution in [0.1, 0.15) is 12.8 Å². The van der Waals surface area contributed by atoms with E-state index in [4.69, 9.17) is 11.6 Å². The fourth-order valence-corrected chi connectivity index (χ4v) is 2.40. The normalized spacial score (nSPS) is 11.7. The molecule has 0 bridgehead atoms. The van der Waals surface area contributed by atoms with E-state index in [1.165, 1.54) is 18.4 Å². The second-order valence-electron chi connectivity index (χ2n) is 3.10. The molecular weight excluding hydrogens is 240 g/mol. The van der Waals surface area contributed by atoms with Crippen LogP contribution in [0.4, 0.5) is 0 Å². The predicted octanol–water partition coefficient (Wildman–Crippen LogP) is 0.0130. The highest BCUT2D eigenvalue weighted by molar-refractivity contribution is 7.89. The molecule has 0 saturated carbocycles. The van der Waals surface area contributed by atoms with Crippen molar-refractivity contribution in [2.24, 2.45) is 0 Å². The SMILES string of the molecule is CNC(=O)CCN(C)S(=O)(=O)CCCCl. The molecule has 0 aliphatic carbocycles. The second-order valence-corrected chi connectivity index (χ2v) is 5.68. The molecule has 0 aromatic carbocycles. The van der Waals surface area contributed by atoms with Gasteiger partial charge in [0.1, 0.15) is 0 Å². The summed E-state index contributed by atoms with van der Waals surface area (Å²) in [5.41, 5.74) is 0. The lowest BCUT2D eigenvalue weighted by Gasteiger charge is -2.16. The Bertz CT molecular complexity index is 292. The maximum Gasteiger partial charge on any atom is 0.221 e. The summed E-state index contributed by atoms with van der Waals surface area (Å²) in [5, 5.41) is 2.43. The Hall–Kier alpha value is -0.330. The van der Waals surface area contributed by atoms with E-state index in [1.807, 2.05) is 0 Å². The van der Waals surface area contributed by atoms with E-state index >= 15 is 0 Å². The number of nitrogens with one attached hydrogen (secondary N) is 1. The topological polar surface area (TPSA) is 66.5 Å². The Morgan fingerprint density at radius 2 is 2.07 bits per heavy atom. The smallest absolute Gasteiger partial charge is 0.221 e. The quantitative estimate of drug-likeness (QED) is 0.653. The van der Waals surface area contributed by atoms with Crippen LogP contribution in [-0.4, -0.2) is 50.9 Å². The Morgan fingerprint density at radius 1 is 1.47 bits per heavy atom. The standard InChI is InChI=1S/C8H17ClN2O3S/c1-10-8(12)4-6-11(2)15(13,14)7-3-5-9/h3-7H2,1-2H3,(H,10,12). The third kappa shape index (κ3) is 5.96. The fourth-order valence-electron chi connectivity index (χ4n) is 0.916. The molecule has 5 nitrogen and oxygen atoms in total. The van der Waals surface area contributed by atoms with E-state index in [0.29, 0.717) is 12.3 Å². The van der Waals surface area contributed by atoms with Gasteiger partial charge in [0.15, 0.2) is 0 Å². The van der Waals surface area contributed by atoms with Crippen LogP contribution in [-0.2, 0) is 14.8 Å². The van der Waals surface area contributed by atoms with Crippen molar-refractivity contribution >= 4 is 27.5 Å². The second kappa shape index (κ2) is 7.03. The molecule has 1 amide bonds. The van der Waals surface area contributed by atoms with Gasteiger partial charge in [-0.25, -0.2) is 12.7 Å². The molecule has 1 N–H and O–H groups in total. The monoisotopic (exact) mass is 256 g/mol. The van der Waals surface area contributed by atoms with E-state index in [9.17, 15) is 13.2 Å². The number of rotatable bonds is 7. The third-order valence-electron chi connectivity index (χ3n) is 1.94. The van der Waals surface area contributed by atoms with Gasteiger partial charge < -0.3 is 5.32 Å². The molecule has 0 heterocycles. The van der Waals surface area contributed by atoms with Crippen LogP contribution in [0, 0.1) is 0 Å². The summed E-state index contributed by atoms with van der Waals surface area (Å²) >= 11 is 5.42. The van der Waals surface area contributed by atoms with Gasteiger partial charge in [-0.3, -0.25) is 4.79 Å². The summed E-state index contributed by atoms with van der Waals surface area (Å²) in [6.45, 7) is 0.199. The molecular formula is C8H17ClN2O3S. The van der Waals surface area contributed by atoms with Crippen molar-refractivity contribution in [1.82, 2.24) is 9.62 Å². The highest BCUT2D eigenvalue weighted by Gasteiger charge is 2.17. The number of sulfonamides is 1. The first kappa shape index (κ1) is 14.7. The minimum absolute atomic E-state index is 0.0285. The molecule has 0 aromatic rings. The fraction of sp³-hybridized carbons (Fsp3) is 0.875. The molecule has 0 spiro atoms. The first-order valence-corrected chi connectivity index (χ1v) is 6.79. The molecule has 90 valence electrons. The zero-order valence-electron chi connectivity index (χ0n) is 8.99. The van der Waals surface area contributed by atoms with Gasteiger partial charge in [-0.1, -0.05) is 0 Å². The molecule has 0 saturated heterocycles. The number of nitrogens with zero attached hydrogens (tertiary/aromatic N) is 1. The first-order valence-electron chi connectivity index (χ1n) is 4.64. The minimum atomic E-state index is -3.26. The van der Waals surface area contributed by atoms with Gasteiger partial charge in [0, 0.05) is 32.9 Å². The molecule has 0 radical (unpaired) electrons. The molecule has 0 aliphatic rings. The number of amides is 1. The summed E-state index contributed by atoms with van der Waals surface area (Å²) < 4.78 is 24.2. The van der Waals surface area contributed by atoms with Crippen molar-refractivity contribution < 1.29 is 13.2 Å². The lowest BCUT2D eigenvalue weighted by molar-refractivity contribution is -0.120. The van der Waals surface area contributed by atoms with Crippen molar-refractivity contribution in [3.8, 4) is 0 Å². The van der Waals surface area contributed by atoms with Crippen LogP contribution in [0.2, 0.25) is 0 Å². The number of hydrogen-bond donors (Lipinski definition) is 1. The molecule has 0 unspecified atom stereocenters. The van der Waals surface area contributed by atoms with Crippen LogP contribution in [0.3, 0.4) is 0 Å². The van der Waals surface area contributed by atoms with Crippen LogP contribution >= 0.6 is 11.6 Å². The van der Waals surface area contributed by atoms with Crippen LogP contribution in [0.15, 0.2) is 0 Å². The summed E-state index contributed by atoms with van der Waals surface area (Å²) in [4.78, 5) is 10.9. The van der Waals surface area contributed by atoms with Crippen molar-refractivity contribution in [2.45, 2.75) is 12.8 Å². The number of carbonyl (C=O) groups is 1. The summed E-state index contributed by atoms with van der Waals surface area (Å²) in [6.07, 6.45) is 0.599. The Labute approximate surface area is 95.8 Å². The van der Waals surface area contributed by atoms with E-state index < -0.39 is 10.0 Å². The number of hydrogen-bond acceptors (Lipinski definition) is 3. The van der Waals surface area contributed by atoms with E-state index in [1.54, 1.807) is 0 Å². The summed E-state index contributed by atoms with van der Waals surface area (Å²) in [6, 6.07) is 0. The average Bonchev–Trinajstić information content (AvgIpc) is 2.22. The van der Waals surface area contributed by atoms with Gasteiger partial charge in [-0.05, 0) is 6.42 Å². The van der Waals surface area contributed by atoms with E-state index in [-0.39, 0.29) is 24.6 Å². The highest BCUT2D eigenvalue weighted by Crippen LogP contribution is 2.02. The van der Waals surface area contributed by atoms with Gasteiger partial charge in [-0.2, -0.15) is 0 Å². The number of carbonyl (C=O) groups excluding carboxylic acids is 1. The van der Waals surface area contributed by atoms with E-state index in [0.717, 1.165) is 0 Å². The van der Waals surface area contributed by atoms with Crippen molar-refractivity contribution in [3.05, 3.63) is 0 Å². The summed E-state index contributed by atoms with van der Waals surface area (Å²) in [5.74, 6) is 0.179. The predicted molar refractivity (Wildman–Crippen MR) is 60.4 cm³/mol. The van der Waals surface area contributed by atoms with Gasteiger partial charge in [0.05, 0.1) is 5.75 Å². The van der Waals surface area contributed by atoms with Crippen LogP contribution < -0.4 is 5.32 Å². The molecule has 0 aromatic heterocycles. The molecule has 0 fully saturated rings. The van der Waals surface area contributed by atoms with Gasteiger partial charge in [-0.15, -0.1) is 11.6 Å². The largest absolute Gasteiger partial charge is 0.359 e. The van der Waals surface area contributed by atoms with Crippen LogP contribution in [0.25, 0.3) is 0 Å². The average molecular weight is 257 g/mol. The Balaban J connectivity index is 4.07. The number of alkyl halides is 1. The lowest BCUT2D eigenvalue weighted by atomic mass is 10.4. The van der Waals surface area contributed by atoms with Crippen molar-refractivity contribution in [1.29, 1.82) is 0 Å². The maximum atomic E-state index is 11.5. The molecule has 0 rings (SSSR count). The number of halogens is 1. The zero-order valence-corrected chi connectivity index (χ0v) is 10.6. The van der Waals surface area contributed by atoms with Gasteiger partial charge >= 0.3 is 0 Å². The van der Waals surface area contributed by atoms with Crippen molar-refractivity contribution in [2.75, 3.05) is 32.3 Å². The molecule has 7 heteroatoms. The third-order valence-corrected chi connectivity index (χ3v) is 4.15. The molecule has 15 heavy (non-hydrogen) atoms. The van der Waals surface area contributed by atoms with Crippen molar-refractivity contribution in [3.63, 3.8) is 0 Å².